The van der Waals surface area contributed by atoms with Crippen LogP contribution in [0, 0.1) is 0 Å². The molecule has 28 heavy (non-hydrogen) atoms. The number of hydrogen-bond donors (Lipinski definition) is 1. The average molecular weight is 381 g/mol. The zero-order chi connectivity index (χ0) is 19.9. The summed E-state index contributed by atoms with van der Waals surface area (Å²) >= 11 is 0. The van der Waals surface area contributed by atoms with Crippen LogP contribution < -0.4 is 15.1 Å². The van der Waals surface area contributed by atoms with Gasteiger partial charge in [-0.15, -0.1) is 0 Å². The normalized spacial score (nSPS) is 14.6. The van der Waals surface area contributed by atoms with Crippen LogP contribution >= 0.6 is 0 Å². The molecule has 1 fully saturated rings. The van der Waals surface area contributed by atoms with Crippen LogP contribution in [0.3, 0.4) is 0 Å². The number of aromatic nitrogens is 1. The van der Waals surface area contributed by atoms with Crippen molar-refractivity contribution in [3.8, 4) is 0 Å². The molecule has 2 heterocycles. The SMILES string of the molecule is CC(=O)N(CC(=O)NCc1ccccn1)c1ccc(N2CCN(C)CC2)cc1. The van der Waals surface area contributed by atoms with E-state index in [0.717, 1.165) is 43.2 Å². The quantitative estimate of drug-likeness (QED) is 0.821. The van der Waals surface area contributed by atoms with Gasteiger partial charge in [0.1, 0.15) is 6.54 Å². The van der Waals surface area contributed by atoms with Gasteiger partial charge in [-0.05, 0) is 43.4 Å². The van der Waals surface area contributed by atoms with Gasteiger partial charge >= 0.3 is 0 Å². The Hall–Kier alpha value is -2.93. The molecule has 1 aromatic heterocycles. The summed E-state index contributed by atoms with van der Waals surface area (Å²) in [7, 11) is 2.13. The van der Waals surface area contributed by atoms with Crippen molar-refractivity contribution in [1.29, 1.82) is 0 Å². The molecule has 0 saturated carbocycles. The molecule has 0 aliphatic carbocycles. The predicted molar refractivity (Wildman–Crippen MR) is 110 cm³/mol. The Kier molecular flexibility index (Phi) is 6.60. The highest BCUT2D eigenvalue weighted by Crippen LogP contribution is 2.22. The monoisotopic (exact) mass is 381 g/mol. The van der Waals surface area contributed by atoms with Gasteiger partial charge in [-0.1, -0.05) is 6.07 Å². The molecule has 0 bridgehead atoms. The molecule has 1 aliphatic rings. The van der Waals surface area contributed by atoms with Gasteiger partial charge in [-0.2, -0.15) is 0 Å². The molecule has 7 heteroatoms. The first-order chi connectivity index (χ1) is 13.5. The number of anilines is 2. The first-order valence-corrected chi connectivity index (χ1v) is 9.51. The second-order valence-electron chi connectivity index (χ2n) is 7.01. The van der Waals surface area contributed by atoms with Crippen molar-refractivity contribution in [2.45, 2.75) is 13.5 Å². The first kappa shape index (κ1) is 19.8. The predicted octanol–water partition coefficient (Wildman–Crippen LogP) is 1.50. The van der Waals surface area contributed by atoms with Crippen molar-refractivity contribution in [3.63, 3.8) is 0 Å². The lowest BCUT2D eigenvalue weighted by atomic mass is 10.2. The number of likely N-dealkylation sites (N-methyl/N-ethyl adjacent to an activating group) is 1. The van der Waals surface area contributed by atoms with E-state index in [1.54, 1.807) is 6.20 Å². The van der Waals surface area contributed by atoms with Gasteiger partial charge in [0.15, 0.2) is 0 Å². The first-order valence-electron chi connectivity index (χ1n) is 9.51. The third-order valence-electron chi connectivity index (χ3n) is 4.90. The van der Waals surface area contributed by atoms with E-state index in [1.165, 1.54) is 11.8 Å². The van der Waals surface area contributed by atoms with Crippen LogP contribution in [-0.4, -0.2) is 61.5 Å². The van der Waals surface area contributed by atoms with Crippen molar-refractivity contribution >= 4 is 23.2 Å². The molecule has 1 saturated heterocycles. The van der Waals surface area contributed by atoms with Crippen LogP contribution in [0.5, 0.6) is 0 Å². The Morgan fingerprint density at radius 1 is 1.07 bits per heavy atom. The van der Waals surface area contributed by atoms with Crippen LogP contribution in [0.25, 0.3) is 0 Å². The zero-order valence-electron chi connectivity index (χ0n) is 16.5. The summed E-state index contributed by atoms with van der Waals surface area (Å²) in [5.74, 6) is -0.385. The Morgan fingerprint density at radius 3 is 2.39 bits per heavy atom. The van der Waals surface area contributed by atoms with Gasteiger partial charge < -0.3 is 20.0 Å². The fourth-order valence-corrected chi connectivity index (χ4v) is 3.18. The Bertz CT molecular complexity index is 786. The van der Waals surface area contributed by atoms with E-state index in [4.69, 9.17) is 0 Å². The van der Waals surface area contributed by atoms with E-state index in [2.05, 4.69) is 27.1 Å². The number of hydrogen-bond acceptors (Lipinski definition) is 5. The highest BCUT2D eigenvalue weighted by Gasteiger charge is 2.18. The number of nitrogens with zero attached hydrogens (tertiary/aromatic N) is 4. The molecular weight excluding hydrogens is 354 g/mol. The van der Waals surface area contributed by atoms with Crippen molar-refractivity contribution in [2.75, 3.05) is 49.6 Å². The number of pyridine rings is 1. The molecule has 0 atom stereocenters. The van der Waals surface area contributed by atoms with Gasteiger partial charge in [0, 0.05) is 50.7 Å². The summed E-state index contributed by atoms with van der Waals surface area (Å²) in [4.78, 5) is 34.7. The minimum absolute atomic E-state index is 0.0178. The van der Waals surface area contributed by atoms with Crippen molar-refractivity contribution < 1.29 is 9.59 Å². The van der Waals surface area contributed by atoms with Gasteiger partial charge in [-0.3, -0.25) is 14.6 Å². The minimum atomic E-state index is -0.219. The molecule has 7 nitrogen and oxygen atoms in total. The topological polar surface area (TPSA) is 68.8 Å². The van der Waals surface area contributed by atoms with E-state index in [0.29, 0.717) is 6.54 Å². The van der Waals surface area contributed by atoms with Crippen LogP contribution in [0.15, 0.2) is 48.7 Å². The molecule has 1 aromatic carbocycles. The van der Waals surface area contributed by atoms with E-state index in [1.807, 2.05) is 42.5 Å². The summed E-state index contributed by atoms with van der Waals surface area (Å²) < 4.78 is 0. The van der Waals surface area contributed by atoms with Crippen LogP contribution in [0.4, 0.5) is 11.4 Å². The number of amides is 2. The molecule has 0 radical (unpaired) electrons. The summed E-state index contributed by atoms with van der Waals surface area (Å²) in [6.07, 6.45) is 1.69. The fourth-order valence-electron chi connectivity index (χ4n) is 3.18. The molecule has 0 spiro atoms. The smallest absolute Gasteiger partial charge is 0.240 e. The van der Waals surface area contributed by atoms with E-state index < -0.39 is 0 Å². The van der Waals surface area contributed by atoms with Gasteiger partial charge in [0.05, 0.1) is 12.2 Å². The van der Waals surface area contributed by atoms with Gasteiger partial charge in [-0.25, -0.2) is 0 Å². The molecule has 0 unspecified atom stereocenters. The standard InChI is InChI=1S/C21H27N5O2/c1-17(27)26(16-21(28)23-15-18-5-3-4-10-22-18)20-8-6-19(7-9-20)25-13-11-24(2)12-14-25/h3-10H,11-16H2,1-2H3,(H,23,28). The maximum Gasteiger partial charge on any atom is 0.240 e. The second kappa shape index (κ2) is 9.32. The Labute approximate surface area is 166 Å². The number of rotatable bonds is 6. The molecule has 1 aliphatic heterocycles. The highest BCUT2D eigenvalue weighted by atomic mass is 16.2. The molecule has 2 aromatic rings. The van der Waals surface area contributed by atoms with E-state index >= 15 is 0 Å². The summed E-state index contributed by atoms with van der Waals surface area (Å²) in [5.41, 5.74) is 2.64. The molecule has 2 amide bonds. The molecule has 148 valence electrons. The highest BCUT2D eigenvalue weighted by molar-refractivity contribution is 5.97. The summed E-state index contributed by atoms with van der Waals surface area (Å²) in [6.45, 7) is 5.85. The number of nitrogens with one attached hydrogen (secondary N) is 1. The molecule has 1 N–H and O–H groups in total. The van der Waals surface area contributed by atoms with Crippen LogP contribution in [0.2, 0.25) is 0 Å². The fraction of sp³-hybridized carbons (Fsp3) is 0.381. The van der Waals surface area contributed by atoms with Crippen LogP contribution in [0.1, 0.15) is 12.6 Å². The third kappa shape index (κ3) is 5.29. The van der Waals surface area contributed by atoms with Gasteiger partial charge in [0.25, 0.3) is 0 Å². The number of piperazine rings is 1. The van der Waals surface area contributed by atoms with Crippen molar-refractivity contribution in [2.24, 2.45) is 0 Å². The second-order valence-corrected chi connectivity index (χ2v) is 7.01. The Balaban J connectivity index is 1.60. The third-order valence-corrected chi connectivity index (χ3v) is 4.90. The van der Waals surface area contributed by atoms with Gasteiger partial charge in [0.2, 0.25) is 11.8 Å². The van der Waals surface area contributed by atoms with Crippen LogP contribution in [-0.2, 0) is 16.1 Å². The zero-order valence-corrected chi connectivity index (χ0v) is 16.5. The van der Waals surface area contributed by atoms with E-state index in [9.17, 15) is 9.59 Å². The minimum Gasteiger partial charge on any atom is -0.369 e. The number of benzene rings is 1. The summed E-state index contributed by atoms with van der Waals surface area (Å²) in [5, 5.41) is 2.81. The lowest BCUT2D eigenvalue weighted by Gasteiger charge is -2.34. The lowest BCUT2D eigenvalue weighted by Crippen LogP contribution is -2.44. The lowest BCUT2D eigenvalue weighted by molar-refractivity contribution is -0.123. The molecular formula is C21H27N5O2. The average Bonchev–Trinajstić information content (AvgIpc) is 2.72. The Morgan fingerprint density at radius 2 is 1.79 bits per heavy atom. The number of carbonyl (C=O) groups excluding carboxylic acids is 2. The largest absolute Gasteiger partial charge is 0.369 e. The van der Waals surface area contributed by atoms with Crippen molar-refractivity contribution in [1.82, 2.24) is 15.2 Å². The summed E-state index contributed by atoms with van der Waals surface area (Å²) in [6, 6.07) is 13.4. The molecule has 3 rings (SSSR count). The maximum atomic E-state index is 12.3. The maximum absolute atomic E-state index is 12.3. The van der Waals surface area contributed by atoms with E-state index in [-0.39, 0.29) is 18.4 Å². The number of carbonyl (C=O) groups is 2. The van der Waals surface area contributed by atoms with Crippen molar-refractivity contribution in [3.05, 3.63) is 54.4 Å².